The minimum absolute atomic E-state index is 0.213. The van der Waals surface area contributed by atoms with Gasteiger partial charge in [0.05, 0.1) is 0 Å². The summed E-state index contributed by atoms with van der Waals surface area (Å²) in [5.74, 6) is 1.18. The highest BCUT2D eigenvalue weighted by Crippen LogP contribution is 2.26. The van der Waals surface area contributed by atoms with Gasteiger partial charge < -0.3 is 5.73 Å². The average Bonchev–Trinajstić information content (AvgIpc) is 2.31. The quantitative estimate of drug-likeness (QED) is 0.678. The highest BCUT2D eigenvalue weighted by Gasteiger charge is 2.33. The van der Waals surface area contributed by atoms with Gasteiger partial charge in [-0.15, -0.1) is 0 Å². The van der Waals surface area contributed by atoms with Gasteiger partial charge in [0, 0.05) is 23.9 Å². The molecule has 0 aromatic rings. The molecule has 0 spiro atoms. The smallest absolute Gasteiger partial charge is 0.0329 e. The summed E-state index contributed by atoms with van der Waals surface area (Å²) in [5.41, 5.74) is 6.26. The zero-order valence-electron chi connectivity index (χ0n) is 11.8. The van der Waals surface area contributed by atoms with Crippen LogP contribution in [0.4, 0.5) is 0 Å². The molecular weight excluding hydrogens is 216 g/mol. The van der Waals surface area contributed by atoms with Crippen molar-refractivity contribution in [2.75, 3.05) is 25.6 Å². The summed E-state index contributed by atoms with van der Waals surface area (Å²) in [7, 11) is 2.24. The highest BCUT2D eigenvalue weighted by molar-refractivity contribution is 7.98. The number of likely N-dealkylation sites (N-methyl/N-ethyl adjacent to an activating group) is 1. The largest absolute Gasteiger partial charge is 0.329 e. The minimum atomic E-state index is 0.213. The maximum Gasteiger partial charge on any atom is 0.0329 e. The Kier molecular flexibility index (Phi) is 8.52. The van der Waals surface area contributed by atoms with Crippen LogP contribution in [-0.2, 0) is 0 Å². The maximum absolute atomic E-state index is 6.05. The third kappa shape index (κ3) is 4.27. The molecule has 2 nitrogen and oxygen atoms in total. The first-order valence-corrected chi connectivity index (χ1v) is 7.89. The van der Waals surface area contributed by atoms with Gasteiger partial charge in [0.2, 0.25) is 0 Å². The van der Waals surface area contributed by atoms with Crippen molar-refractivity contribution in [2.24, 2.45) is 5.73 Å². The van der Waals surface area contributed by atoms with Crippen molar-refractivity contribution in [3.8, 4) is 0 Å². The molecule has 3 heteroatoms. The fraction of sp³-hybridized carbons (Fsp3) is 1.00. The third-order valence-corrected chi connectivity index (χ3v) is 4.67. The van der Waals surface area contributed by atoms with Gasteiger partial charge in [-0.3, -0.25) is 4.90 Å². The number of nitrogens with zero attached hydrogens (tertiary/aromatic N) is 1. The van der Waals surface area contributed by atoms with E-state index >= 15 is 0 Å². The predicted octanol–water partition coefficient (Wildman–Crippen LogP) is 2.97. The molecule has 0 aromatic carbocycles. The van der Waals surface area contributed by atoms with Crippen LogP contribution >= 0.6 is 11.8 Å². The van der Waals surface area contributed by atoms with Crippen LogP contribution in [0.3, 0.4) is 0 Å². The zero-order valence-corrected chi connectivity index (χ0v) is 12.6. The Labute approximate surface area is 106 Å². The number of hydrogen-bond acceptors (Lipinski definition) is 3. The van der Waals surface area contributed by atoms with Gasteiger partial charge >= 0.3 is 0 Å². The lowest BCUT2D eigenvalue weighted by Crippen LogP contribution is -2.55. The normalized spacial score (nSPS) is 17.4. The second kappa shape index (κ2) is 8.37. The summed E-state index contributed by atoms with van der Waals surface area (Å²) >= 11 is 1.92. The Balaban J connectivity index is 4.59. The number of hydrogen-bond donors (Lipinski definition) is 1. The minimum Gasteiger partial charge on any atom is -0.329 e. The molecule has 0 rings (SSSR count). The Bertz CT molecular complexity index is 169. The molecule has 2 atom stereocenters. The van der Waals surface area contributed by atoms with E-state index < -0.39 is 0 Å². The van der Waals surface area contributed by atoms with Gasteiger partial charge in [0.1, 0.15) is 0 Å². The van der Waals surface area contributed by atoms with E-state index in [2.05, 4.69) is 39.0 Å². The van der Waals surface area contributed by atoms with Crippen molar-refractivity contribution in [1.29, 1.82) is 0 Å². The van der Waals surface area contributed by atoms with Gasteiger partial charge in [0.15, 0.2) is 0 Å². The molecule has 0 heterocycles. The van der Waals surface area contributed by atoms with Crippen molar-refractivity contribution in [1.82, 2.24) is 4.90 Å². The highest BCUT2D eigenvalue weighted by atomic mass is 32.2. The lowest BCUT2D eigenvalue weighted by Gasteiger charge is -2.44. The Morgan fingerprint density at radius 2 is 2.00 bits per heavy atom. The molecule has 0 aromatic heterocycles. The Hall–Kier alpha value is 0.270. The monoisotopic (exact) mass is 246 g/mol. The number of nitrogens with two attached hydrogens (primary N) is 1. The van der Waals surface area contributed by atoms with Crippen LogP contribution < -0.4 is 5.73 Å². The van der Waals surface area contributed by atoms with Gasteiger partial charge in [-0.05, 0) is 33.1 Å². The third-order valence-electron chi connectivity index (χ3n) is 3.85. The van der Waals surface area contributed by atoms with E-state index in [-0.39, 0.29) is 5.54 Å². The molecule has 0 aliphatic heterocycles. The Morgan fingerprint density at radius 1 is 1.38 bits per heavy atom. The van der Waals surface area contributed by atoms with E-state index in [1.54, 1.807) is 0 Å². The molecule has 0 saturated carbocycles. The van der Waals surface area contributed by atoms with Crippen molar-refractivity contribution in [3.05, 3.63) is 0 Å². The molecular formula is C13H30N2S. The second-order valence-corrected chi connectivity index (χ2v) is 5.71. The first kappa shape index (κ1) is 16.3. The predicted molar refractivity (Wildman–Crippen MR) is 77.2 cm³/mol. The van der Waals surface area contributed by atoms with Crippen LogP contribution in [0.5, 0.6) is 0 Å². The van der Waals surface area contributed by atoms with Crippen LogP contribution in [0.2, 0.25) is 0 Å². The van der Waals surface area contributed by atoms with Crippen molar-refractivity contribution in [2.45, 2.75) is 58.0 Å². The lowest BCUT2D eigenvalue weighted by molar-refractivity contribution is 0.0788. The lowest BCUT2D eigenvalue weighted by atomic mass is 9.87. The van der Waals surface area contributed by atoms with Gasteiger partial charge in [0.25, 0.3) is 0 Å². The van der Waals surface area contributed by atoms with Crippen molar-refractivity contribution in [3.63, 3.8) is 0 Å². The average molecular weight is 246 g/mol. The second-order valence-electron chi connectivity index (χ2n) is 4.80. The molecule has 0 bridgehead atoms. The standard InChI is InChI=1S/C13H30N2S/c1-6-8-9-13(7-2,11-14)15(4)12(3)10-16-5/h12H,6-11,14H2,1-5H3. The fourth-order valence-electron chi connectivity index (χ4n) is 2.32. The fourth-order valence-corrected chi connectivity index (χ4v) is 3.03. The topological polar surface area (TPSA) is 29.3 Å². The molecule has 98 valence electrons. The molecule has 0 radical (unpaired) electrons. The summed E-state index contributed by atoms with van der Waals surface area (Å²) in [6, 6.07) is 0.607. The summed E-state index contributed by atoms with van der Waals surface area (Å²) in [4.78, 5) is 2.51. The van der Waals surface area contributed by atoms with Crippen LogP contribution in [0.25, 0.3) is 0 Å². The van der Waals surface area contributed by atoms with E-state index in [0.717, 1.165) is 13.0 Å². The van der Waals surface area contributed by atoms with Gasteiger partial charge in [-0.2, -0.15) is 11.8 Å². The maximum atomic E-state index is 6.05. The molecule has 0 fully saturated rings. The molecule has 0 amide bonds. The first-order valence-electron chi connectivity index (χ1n) is 6.49. The van der Waals surface area contributed by atoms with Gasteiger partial charge in [-0.25, -0.2) is 0 Å². The van der Waals surface area contributed by atoms with E-state index in [0.29, 0.717) is 6.04 Å². The number of rotatable bonds is 9. The van der Waals surface area contributed by atoms with E-state index in [9.17, 15) is 0 Å². The molecule has 0 aliphatic rings. The van der Waals surface area contributed by atoms with E-state index in [1.807, 2.05) is 11.8 Å². The SMILES string of the molecule is CCCCC(CC)(CN)N(C)C(C)CSC. The first-order chi connectivity index (χ1) is 7.57. The zero-order chi connectivity index (χ0) is 12.6. The summed E-state index contributed by atoms with van der Waals surface area (Å²) in [6.45, 7) is 7.61. The summed E-state index contributed by atoms with van der Waals surface area (Å²) in [5, 5.41) is 0. The molecule has 16 heavy (non-hydrogen) atoms. The molecule has 0 aliphatic carbocycles. The van der Waals surface area contributed by atoms with E-state index in [1.165, 1.54) is 25.0 Å². The number of thioether (sulfide) groups is 1. The van der Waals surface area contributed by atoms with Crippen LogP contribution in [0, 0.1) is 0 Å². The van der Waals surface area contributed by atoms with Gasteiger partial charge in [-0.1, -0.05) is 26.7 Å². The molecule has 2 unspecified atom stereocenters. The molecule has 2 N–H and O–H groups in total. The van der Waals surface area contributed by atoms with Crippen molar-refractivity contribution >= 4 is 11.8 Å². The van der Waals surface area contributed by atoms with Crippen molar-refractivity contribution < 1.29 is 0 Å². The van der Waals surface area contributed by atoms with Crippen LogP contribution in [0.15, 0.2) is 0 Å². The summed E-state index contributed by atoms with van der Waals surface area (Å²) in [6.07, 6.45) is 7.09. The Morgan fingerprint density at radius 3 is 2.38 bits per heavy atom. The van der Waals surface area contributed by atoms with E-state index in [4.69, 9.17) is 5.73 Å². The van der Waals surface area contributed by atoms with Crippen LogP contribution in [-0.4, -0.2) is 42.1 Å². The number of unbranched alkanes of at least 4 members (excludes halogenated alkanes) is 1. The molecule has 0 saturated heterocycles. The van der Waals surface area contributed by atoms with Crippen LogP contribution in [0.1, 0.15) is 46.5 Å². The summed E-state index contributed by atoms with van der Waals surface area (Å²) < 4.78 is 0.